The molecule has 0 aliphatic rings. The van der Waals surface area contributed by atoms with Gasteiger partial charge in [0.15, 0.2) is 0 Å². The zero-order valence-electron chi connectivity index (χ0n) is 7.80. The Hall–Kier alpha value is -0.0400. The van der Waals surface area contributed by atoms with Crippen LogP contribution in [0.4, 0.5) is 0 Å². The molecule has 72 valence electrons. The molecule has 0 aliphatic carbocycles. The molecule has 2 nitrogen and oxygen atoms in total. The van der Waals surface area contributed by atoms with Crippen LogP contribution in [0.25, 0.3) is 0 Å². The number of hydrogen-bond donors (Lipinski definition) is 0. The Morgan fingerprint density at radius 2 is 1.92 bits per heavy atom. The van der Waals surface area contributed by atoms with Gasteiger partial charge in [-0.3, -0.25) is 0 Å². The standard InChI is InChI=1S/C8H15ClN2.ClH/c1-4-10-7-11-6-5-8(2,3)9;/h4-6H2,1-3H3;1H. The Morgan fingerprint density at radius 1 is 1.33 bits per heavy atom. The van der Waals surface area contributed by atoms with Gasteiger partial charge in [-0.05, 0) is 27.2 Å². The van der Waals surface area contributed by atoms with Gasteiger partial charge in [0.25, 0.3) is 0 Å². The van der Waals surface area contributed by atoms with Crippen LogP contribution in [0.15, 0.2) is 9.98 Å². The fourth-order valence-corrected chi connectivity index (χ4v) is 0.577. The molecule has 0 aromatic rings. The zero-order valence-corrected chi connectivity index (χ0v) is 9.37. The smallest absolute Gasteiger partial charge is 0.0892 e. The van der Waals surface area contributed by atoms with Crippen molar-refractivity contribution in [2.45, 2.75) is 32.1 Å². The Kier molecular flexibility index (Phi) is 9.17. The van der Waals surface area contributed by atoms with Crippen molar-refractivity contribution in [1.82, 2.24) is 0 Å². The first-order chi connectivity index (χ1) is 5.06. The molecule has 0 fully saturated rings. The second-order valence-corrected chi connectivity index (χ2v) is 3.95. The predicted molar refractivity (Wildman–Crippen MR) is 57.1 cm³/mol. The van der Waals surface area contributed by atoms with Crippen molar-refractivity contribution in [3.63, 3.8) is 0 Å². The summed E-state index contributed by atoms with van der Waals surface area (Å²) in [4.78, 5) is 7.62. The van der Waals surface area contributed by atoms with Crippen LogP contribution in [-0.4, -0.2) is 24.0 Å². The first-order valence-electron chi connectivity index (χ1n) is 3.83. The van der Waals surface area contributed by atoms with E-state index in [1.54, 1.807) is 0 Å². The van der Waals surface area contributed by atoms with Crippen LogP contribution < -0.4 is 0 Å². The summed E-state index contributed by atoms with van der Waals surface area (Å²) in [6.07, 6.45) is 0.862. The highest BCUT2D eigenvalue weighted by molar-refractivity contribution is 6.23. The molecule has 0 saturated heterocycles. The van der Waals surface area contributed by atoms with Crippen LogP contribution in [0.5, 0.6) is 0 Å². The second kappa shape index (κ2) is 7.60. The van der Waals surface area contributed by atoms with E-state index in [0.717, 1.165) is 13.0 Å². The van der Waals surface area contributed by atoms with Gasteiger partial charge in [-0.1, -0.05) is 0 Å². The molecular weight excluding hydrogens is 195 g/mol. The van der Waals surface area contributed by atoms with Gasteiger partial charge in [-0.15, -0.1) is 24.0 Å². The minimum atomic E-state index is -0.155. The fraction of sp³-hybridized carbons (Fsp3) is 0.875. The molecular formula is C8H16Cl2N2. The second-order valence-electron chi connectivity index (χ2n) is 2.92. The van der Waals surface area contributed by atoms with Crippen molar-refractivity contribution in [2.24, 2.45) is 9.98 Å². The molecule has 4 heteroatoms. The highest BCUT2D eigenvalue weighted by atomic mass is 35.5. The molecule has 0 aromatic carbocycles. The summed E-state index contributed by atoms with van der Waals surface area (Å²) in [6, 6.07) is 2.60. The summed E-state index contributed by atoms with van der Waals surface area (Å²) < 4.78 is 0. The molecule has 0 bridgehead atoms. The molecule has 0 aromatic heterocycles. The normalized spacial score (nSPS) is 9.67. The number of nitrogens with zero attached hydrogens (tertiary/aromatic N) is 2. The predicted octanol–water partition coefficient (Wildman–Crippen LogP) is 3.01. The van der Waals surface area contributed by atoms with E-state index in [-0.39, 0.29) is 17.3 Å². The van der Waals surface area contributed by atoms with Crippen LogP contribution in [0.3, 0.4) is 0 Å². The third-order valence-corrected chi connectivity index (χ3v) is 1.31. The average Bonchev–Trinajstić information content (AvgIpc) is 1.85. The number of halogens is 2. The van der Waals surface area contributed by atoms with Crippen LogP contribution in [-0.2, 0) is 0 Å². The third kappa shape index (κ3) is 12.6. The average molecular weight is 211 g/mol. The number of alkyl halides is 1. The van der Waals surface area contributed by atoms with Gasteiger partial charge >= 0.3 is 0 Å². The summed E-state index contributed by atoms with van der Waals surface area (Å²) in [7, 11) is 0. The molecule has 0 N–H and O–H groups in total. The van der Waals surface area contributed by atoms with Gasteiger partial charge in [0.2, 0.25) is 0 Å². The van der Waals surface area contributed by atoms with Crippen molar-refractivity contribution in [2.75, 3.05) is 13.1 Å². The van der Waals surface area contributed by atoms with Gasteiger partial charge in [0.05, 0.1) is 12.6 Å². The van der Waals surface area contributed by atoms with Crippen LogP contribution >= 0.6 is 24.0 Å². The molecule has 0 radical (unpaired) electrons. The third-order valence-electron chi connectivity index (χ3n) is 1.12. The largest absolute Gasteiger partial charge is 0.226 e. The fourth-order valence-electron chi connectivity index (χ4n) is 0.492. The van der Waals surface area contributed by atoms with E-state index in [1.165, 1.54) is 0 Å². The lowest BCUT2D eigenvalue weighted by atomic mass is 10.1. The van der Waals surface area contributed by atoms with Gasteiger partial charge in [-0.2, -0.15) is 0 Å². The van der Waals surface area contributed by atoms with E-state index in [1.807, 2.05) is 20.8 Å². The van der Waals surface area contributed by atoms with Crippen molar-refractivity contribution >= 4 is 30.0 Å². The number of hydrogen-bond acceptors (Lipinski definition) is 2. The summed E-state index contributed by atoms with van der Waals surface area (Å²) >= 11 is 5.93. The van der Waals surface area contributed by atoms with Crippen molar-refractivity contribution in [3.05, 3.63) is 0 Å². The zero-order chi connectivity index (χ0) is 8.74. The van der Waals surface area contributed by atoms with E-state index in [2.05, 4.69) is 16.0 Å². The molecule has 0 spiro atoms. The SMILES string of the molecule is CCN=C=NCCC(C)(C)Cl.Cl. The Balaban J connectivity index is 0. The minimum Gasteiger partial charge on any atom is -0.226 e. The van der Waals surface area contributed by atoms with E-state index >= 15 is 0 Å². The van der Waals surface area contributed by atoms with Crippen molar-refractivity contribution in [3.8, 4) is 0 Å². The maximum absolute atomic E-state index is 5.93. The van der Waals surface area contributed by atoms with Gasteiger partial charge in [-0.25, -0.2) is 9.98 Å². The maximum atomic E-state index is 5.93. The molecule has 0 saturated carbocycles. The van der Waals surface area contributed by atoms with Crippen LogP contribution in [0.2, 0.25) is 0 Å². The van der Waals surface area contributed by atoms with E-state index in [9.17, 15) is 0 Å². The van der Waals surface area contributed by atoms with E-state index in [4.69, 9.17) is 11.6 Å². The highest BCUT2D eigenvalue weighted by Crippen LogP contribution is 2.16. The molecule has 0 unspecified atom stereocenters. The molecule has 0 aliphatic heterocycles. The van der Waals surface area contributed by atoms with Gasteiger partial charge in [0.1, 0.15) is 0 Å². The Labute approximate surface area is 85.5 Å². The molecule has 0 rings (SSSR count). The number of rotatable bonds is 4. The first-order valence-corrected chi connectivity index (χ1v) is 4.21. The van der Waals surface area contributed by atoms with Crippen LogP contribution in [0.1, 0.15) is 27.2 Å². The van der Waals surface area contributed by atoms with Gasteiger partial charge in [0, 0.05) is 11.4 Å². The van der Waals surface area contributed by atoms with Crippen LogP contribution in [0, 0.1) is 0 Å². The lowest BCUT2D eigenvalue weighted by Crippen LogP contribution is -2.10. The summed E-state index contributed by atoms with van der Waals surface area (Å²) in [5, 5.41) is 0. The lowest BCUT2D eigenvalue weighted by molar-refractivity contribution is 0.639. The molecule has 0 heterocycles. The van der Waals surface area contributed by atoms with Gasteiger partial charge < -0.3 is 0 Å². The molecule has 0 atom stereocenters. The molecule has 0 amide bonds. The quantitative estimate of drug-likeness (QED) is 0.504. The lowest BCUT2D eigenvalue weighted by Gasteiger charge is -2.11. The van der Waals surface area contributed by atoms with E-state index in [0.29, 0.717) is 6.54 Å². The Bertz CT molecular complexity index is 155. The number of aliphatic imine (C=N–C) groups is 2. The summed E-state index contributed by atoms with van der Waals surface area (Å²) in [6.45, 7) is 7.35. The summed E-state index contributed by atoms with van der Waals surface area (Å²) in [5.41, 5.74) is 0. The highest BCUT2D eigenvalue weighted by Gasteiger charge is 2.10. The maximum Gasteiger partial charge on any atom is 0.0892 e. The monoisotopic (exact) mass is 210 g/mol. The summed E-state index contributed by atoms with van der Waals surface area (Å²) in [5.74, 6) is 0. The first kappa shape index (κ1) is 14.5. The van der Waals surface area contributed by atoms with Crippen molar-refractivity contribution in [1.29, 1.82) is 0 Å². The van der Waals surface area contributed by atoms with Crippen molar-refractivity contribution < 1.29 is 0 Å². The Morgan fingerprint density at radius 3 is 2.33 bits per heavy atom. The van der Waals surface area contributed by atoms with E-state index < -0.39 is 0 Å². The molecule has 12 heavy (non-hydrogen) atoms. The minimum absolute atomic E-state index is 0. The topological polar surface area (TPSA) is 24.7 Å².